The smallest absolute Gasteiger partial charge is 0.258 e. The number of anilines is 1. The molecule has 1 saturated heterocycles. The maximum atomic E-state index is 13.1. The van der Waals surface area contributed by atoms with Gasteiger partial charge in [-0.1, -0.05) is 30.3 Å². The third kappa shape index (κ3) is 4.79. The zero-order chi connectivity index (χ0) is 24.5. The lowest BCUT2D eigenvalue weighted by atomic mass is 9.90. The molecule has 1 N–H and O–H groups in total. The van der Waals surface area contributed by atoms with Crippen LogP contribution < -0.4 is 5.32 Å². The summed E-state index contributed by atoms with van der Waals surface area (Å²) in [6, 6.07) is 13.8. The lowest BCUT2D eigenvalue weighted by Gasteiger charge is -2.39. The van der Waals surface area contributed by atoms with Crippen LogP contribution in [-0.4, -0.2) is 49.6 Å². The molecule has 1 aliphatic heterocycles. The number of hydrogen-bond donors (Lipinski definition) is 1. The van der Waals surface area contributed by atoms with Crippen LogP contribution in [0.3, 0.4) is 0 Å². The van der Waals surface area contributed by atoms with E-state index in [1.54, 1.807) is 16.8 Å². The third-order valence-corrected chi connectivity index (χ3v) is 6.40. The predicted octanol–water partition coefficient (Wildman–Crippen LogP) is 4.33. The van der Waals surface area contributed by atoms with Crippen molar-refractivity contribution >= 4 is 29.1 Å². The van der Waals surface area contributed by atoms with Crippen molar-refractivity contribution in [3.63, 3.8) is 0 Å². The van der Waals surface area contributed by atoms with Crippen LogP contribution in [0.5, 0.6) is 0 Å². The van der Waals surface area contributed by atoms with Crippen LogP contribution >= 0.6 is 11.6 Å². The third-order valence-electron chi connectivity index (χ3n) is 6.20. The fourth-order valence-corrected chi connectivity index (χ4v) is 4.17. The molecule has 8 nitrogen and oxygen atoms in total. The molecule has 0 unspecified atom stereocenters. The van der Waals surface area contributed by atoms with E-state index < -0.39 is 0 Å². The zero-order valence-electron chi connectivity index (χ0n) is 19.3. The second kappa shape index (κ2) is 9.31. The van der Waals surface area contributed by atoms with Gasteiger partial charge in [-0.3, -0.25) is 14.3 Å². The lowest BCUT2D eigenvalue weighted by molar-refractivity contribution is 0.0602. The minimum absolute atomic E-state index is 0.0569. The Morgan fingerprint density at radius 3 is 2.34 bits per heavy atom. The number of carbonyl (C=O) groups is 2. The van der Waals surface area contributed by atoms with Gasteiger partial charge >= 0.3 is 0 Å². The summed E-state index contributed by atoms with van der Waals surface area (Å²) < 4.78 is 1.78. The number of nitrogens with zero attached hydrogens (tertiary/aromatic N) is 5. The van der Waals surface area contributed by atoms with E-state index in [0.29, 0.717) is 30.3 Å². The Labute approximate surface area is 207 Å². The number of halogens is 1. The number of carbonyl (C=O) groups excluding carboxylic acids is 2. The molecule has 0 atom stereocenters. The highest BCUT2D eigenvalue weighted by atomic mass is 35.5. The Balaban J connectivity index is 1.23. The summed E-state index contributed by atoms with van der Waals surface area (Å²) in [5.74, 6) is -0.122. The fraction of sp³-hybridized carbons (Fsp3) is 0.192. The van der Waals surface area contributed by atoms with Gasteiger partial charge in [-0.15, -0.1) is 0 Å². The summed E-state index contributed by atoms with van der Waals surface area (Å²) in [6.45, 7) is 3.18. The maximum Gasteiger partial charge on any atom is 0.258 e. The highest BCUT2D eigenvalue weighted by molar-refractivity contribution is 6.28. The molecule has 0 saturated carbocycles. The average molecular weight is 487 g/mol. The molecule has 2 aromatic carbocycles. The van der Waals surface area contributed by atoms with Crippen LogP contribution in [0.25, 0.3) is 11.1 Å². The normalized spacial score (nSPS) is 13.4. The Kier molecular flexibility index (Phi) is 6.05. The number of aromatic nitrogens is 4. The van der Waals surface area contributed by atoms with Crippen LogP contribution in [0.2, 0.25) is 5.28 Å². The molecule has 0 aliphatic carbocycles. The van der Waals surface area contributed by atoms with Crippen LogP contribution in [0.15, 0.2) is 67.3 Å². The van der Waals surface area contributed by atoms with Gasteiger partial charge in [-0.05, 0) is 47.3 Å². The summed E-state index contributed by atoms with van der Waals surface area (Å²) in [7, 11) is 1.90. The van der Waals surface area contributed by atoms with E-state index in [1.165, 1.54) is 18.0 Å². The van der Waals surface area contributed by atoms with Crippen molar-refractivity contribution in [1.29, 1.82) is 0 Å². The SMILES string of the molecule is Cc1ccc(C(=O)N2CC(c3ccc(-c4cnn(C)c4)cc3)C2)cc1NC(=O)c1cnc(Cl)nc1. The van der Waals surface area contributed by atoms with E-state index in [4.69, 9.17) is 11.6 Å². The van der Waals surface area contributed by atoms with Crippen LogP contribution in [-0.2, 0) is 7.05 Å². The average Bonchev–Trinajstić information content (AvgIpc) is 3.26. The van der Waals surface area contributed by atoms with E-state index in [-0.39, 0.29) is 22.7 Å². The molecular formula is C26H23ClN6O2. The van der Waals surface area contributed by atoms with Crippen molar-refractivity contribution in [3.8, 4) is 11.1 Å². The Bertz CT molecular complexity index is 1390. The minimum atomic E-state index is -0.367. The van der Waals surface area contributed by atoms with Crippen LogP contribution in [0.4, 0.5) is 5.69 Å². The number of rotatable bonds is 5. The molecule has 0 spiro atoms. The van der Waals surface area contributed by atoms with Gasteiger partial charge in [-0.2, -0.15) is 5.10 Å². The second-order valence-corrected chi connectivity index (χ2v) is 8.99. The first-order valence-electron chi connectivity index (χ1n) is 11.1. The summed E-state index contributed by atoms with van der Waals surface area (Å²) >= 11 is 5.69. The molecule has 0 bridgehead atoms. The second-order valence-electron chi connectivity index (χ2n) is 8.66. The summed E-state index contributed by atoms with van der Waals surface area (Å²) in [6.07, 6.45) is 6.55. The quantitative estimate of drug-likeness (QED) is 0.424. The maximum absolute atomic E-state index is 13.1. The number of benzene rings is 2. The fourth-order valence-electron chi connectivity index (χ4n) is 4.07. The number of nitrogens with one attached hydrogen (secondary N) is 1. The van der Waals surface area contributed by atoms with Gasteiger partial charge < -0.3 is 10.2 Å². The van der Waals surface area contributed by atoms with E-state index in [9.17, 15) is 9.59 Å². The van der Waals surface area contributed by atoms with Crippen LogP contribution in [0.1, 0.15) is 37.8 Å². The van der Waals surface area contributed by atoms with Gasteiger partial charge in [-0.25, -0.2) is 9.97 Å². The van der Waals surface area contributed by atoms with Crippen molar-refractivity contribution in [3.05, 3.63) is 94.8 Å². The standard InChI is InChI=1S/C26H23ClN6O2/c1-16-3-4-19(9-23(16)31-24(34)20-10-28-26(27)29-11-20)25(35)33-14-22(15-33)18-7-5-17(6-8-18)21-12-30-32(2)13-21/h3-13,22H,14-15H2,1-2H3,(H,31,34). The first-order chi connectivity index (χ1) is 16.9. The topological polar surface area (TPSA) is 93.0 Å². The first kappa shape index (κ1) is 22.7. The molecule has 0 radical (unpaired) electrons. The zero-order valence-corrected chi connectivity index (χ0v) is 20.0. The Morgan fingerprint density at radius 1 is 0.971 bits per heavy atom. The first-order valence-corrected chi connectivity index (χ1v) is 11.5. The number of likely N-dealkylation sites (tertiary alicyclic amines) is 1. The number of hydrogen-bond acceptors (Lipinski definition) is 5. The van der Waals surface area contributed by atoms with Gasteiger partial charge in [0, 0.05) is 61.5 Å². The molecule has 1 fully saturated rings. The number of amides is 2. The van der Waals surface area contributed by atoms with Gasteiger partial charge in [0.1, 0.15) is 0 Å². The van der Waals surface area contributed by atoms with Crippen molar-refractivity contribution in [2.75, 3.05) is 18.4 Å². The summed E-state index contributed by atoms with van der Waals surface area (Å²) in [4.78, 5) is 35.1. The molecule has 176 valence electrons. The molecular weight excluding hydrogens is 464 g/mol. The molecule has 2 amide bonds. The van der Waals surface area contributed by atoms with Gasteiger partial charge in [0.15, 0.2) is 0 Å². The molecule has 3 heterocycles. The van der Waals surface area contributed by atoms with E-state index in [1.807, 2.05) is 37.3 Å². The molecule has 35 heavy (non-hydrogen) atoms. The predicted molar refractivity (Wildman–Crippen MR) is 133 cm³/mol. The molecule has 1 aliphatic rings. The minimum Gasteiger partial charge on any atom is -0.337 e. The highest BCUT2D eigenvalue weighted by Crippen LogP contribution is 2.31. The van der Waals surface area contributed by atoms with Gasteiger partial charge in [0.2, 0.25) is 5.28 Å². The van der Waals surface area contributed by atoms with Crippen molar-refractivity contribution < 1.29 is 9.59 Å². The number of aryl methyl sites for hydroxylation is 2. The van der Waals surface area contributed by atoms with E-state index in [2.05, 4.69) is 44.6 Å². The van der Waals surface area contributed by atoms with Crippen molar-refractivity contribution in [1.82, 2.24) is 24.6 Å². The van der Waals surface area contributed by atoms with E-state index >= 15 is 0 Å². The van der Waals surface area contributed by atoms with Crippen LogP contribution in [0, 0.1) is 6.92 Å². The Morgan fingerprint density at radius 2 is 1.69 bits per heavy atom. The van der Waals surface area contributed by atoms with Gasteiger partial charge in [0.05, 0.1) is 11.8 Å². The van der Waals surface area contributed by atoms with Gasteiger partial charge in [0.25, 0.3) is 11.8 Å². The van der Waals surface area contributed by atoms with Crippen molar-refractivity contribution in [2.24, 2.45) is 7.05 Å². The van der Waals surface area contributed by atoms with Crippen molar-refractivity contribution in [2.45, 2.75) is 12.8 Å². The Hall–Kier alpha value is -4.04. The molecule has 9 heteroatoms. The molecule has 2 aromatic heterocycles. The largest absolute Gasteiger partial charge is 0.337 e. The molecule has 5 rings (SSSR count). The van der Waals surface area contributed by atoms with E-state index in [0.717, 1.165) is 16.7 Å². The summed E-state index contributed by atoms with van der Waals surface area (Å²) in [5.41, 5.74) is 5.64. The molecule has 4 aromatic rings. The summed E-state index contributed by atoms with van der Waals surface area (Å²) in [5, 5.41) is 7.13. The highest BCUT2D eigenvalue weighted by Gasteiger charge is 2.32. The monoisotopic (exact) mass is 486 g/mol. The lowest BCUT2D eigenvalue weighted by Crippen LogP contribution is -2.48.